The summed E-state index contributed by atoms with van der Waals surface area (Å²) in [5, 5.41) is 12.5. The van der Waals surface area contributed by atoms with Crippen LogP contribution >= 0.6 is 11.3 Å². The highest BCUT2D eigenvalue weighted by molar-refractivity contribution is 7.21. The summed E-state index contributed by atoms with van der Waals surface area (Å²) in [7, 11) is 0. The lowest BCUT2D eigenvalue weighted by Crippen LogP contribution is -2.29. The molecule has 1 atom stereocenters. The van der Waals surface area contributed by atoms with E-state index in [4.69, 9.17) is 10.8 Å². The Morgan fingerprint density at radius 3 is 3.11 bits per heavy atom. The number of nitrogen functional groups attached to an aromatic ring is 1. The van der Waals surface area contributed by atoms with Crippen LogP contribution in [0.3, 0.4) is 0 Å². The maximum Gasteiger partial charge on any atom is 0.263 e. The molecular weight excluding hydrogens is 250 g/mol. The zero-order chi connectivity index (χ0) is 13.1. The van der Waals surface area contributed by atoms with Gasteiger partial charge in [0, 0.05) is 30.9 Å². The summed E-state index contributed by atoms with van der Waals surface area (Å²) in [6.07, 6.45) is 3.35. The number of aliphatic hydroxyl groups is 1. The number of anilines is 1. The number of aromatic nitrogens is 1. The fourth-order valence-electron chi connectivity index (χ4n) is 1.55. The van der Waals surface area contributed by atoms with Crippen LogP contribution in [-0.4, -0.2) is 29.1 Å². The van der Waals surface area contributed by atoms with Gasteiger partial charge in [-0.25, -0.2) is 0 Å². The Bertz CT molecular complexity index is 567. The first-order valence-electron chi connectivity index (χ1n) is 5.64. The minimum Gasteiger partial charge on any atom is -0.397 e. The van der Waals surface area contributed by atoms with E-state index in [1.54, 1.807) is 18.5 Å². The van der Waals surface area contributed by atoms with Crippen molar-refractivity contribution in [1.82, 2.24) is 10.3 Å². The molecule has 18 heavy (non-hydrogen) atoms. The van der Waals surface area contributed by atoms with Crippen molar-refractivity contribution in [1.29, 1.82) is 0 Å². The van der Waals surface area contributed by atoms with Gasteiger partial charge in [0.25, 0.3) is 5.91 Å². The molecule has 0 spiro atoms. The molecule has 0 bridgehead atoms. The molecule has 0 aromatic carbocycles. The van der Waals surface area contributed by atoms with Gasteiger partial charge in [0.1, 0.15) is 4.88 Å². The maximum atomic E-state index is 12.0. The predicted molar refractivity (Wildman–Crippen MR) is 72.6 cm³/mol. The topological polar surface area (TPSA) is 88.2 Å². The van der Waals surface area contributed by atoms with E-state index in [-0.39, 0.29) is 18.4 Å². The van der Waals surface area contributed by atoms with Gasteiger partial charge in [-0.3, -0.25) is 9.78 Å². The second-order valence-corrected chi connectivity index (χ2v) is 5.27. The third-order valence-electron chi connectivity index (χ3n) is 2.66. The van der Waals surface area contributed by atoms with Crippen molar-refractivity contribution >= 4 is 33.0 Å². The number of thiophene rings is 1. The smallest absolute Gasteiger partial charge is 0.263 e. The fourth-order valence-corrected chi connectivity index (χ4v) is 2.56. The van der Waals surface area contributed by atoms with Crippen LogP contribution in [0, 0.1) is 5.92 Å². The molecule has 1 unspecified atom stereocenters. The van der Waals surface area contributed by atoms with Crippen molar-refractivity contribution in [2.45, 2.75) is 6.92 Å². The van der Waals surface area contributed by atoms with Gasteiger partial charge in [0.15, 0.2) is 0 Å². The SMILES string of the molecule is CC(CO)CNC(=O)c1sc2cnccc2c1N. The number of carbonyl (C=O) groups excluding carboxylic acids is 1. The number of carbonyl (C=O) groups is 1. The molecule has 0 saturated heterocycles. The molecule has 0 aliphatic rings. The number of hydrogen-bond acceptors (Lipinski definition) is 5. The molecule has 2 heterocycles. The van der Waals surface area contributed by atoms with E-state index in [1.807, 2.05) is 6.92 Å². The number of nitrogens with one attached hydrogen (secondary N) is 1. The van der Waals surface area contributed by atoms with E-state index in [0.717, 1.165) is 10.1 Å². The van der Waals surface area contributed by atoms with Crippen LogP contribution in [-0.2, 0) is 0 Å². The van der Waals surface area contributed by atoms with Gasteiger partial charge in [0.05, 0.1) is 10.4 Å². The third kappa shape index (κ3) is 2.44. The molecule has 2 aromatic rings. The Balaban J connectivity index is 2.20. The Kier molecular flexibility index (Phi) is 3.78. The highest BCUT2D eigenvalue weighted by Crippen LogP contribution is 2.32. The first-order chi connectivity index (χ1) is 8.63. The molecule has 5 nitrogen and oxygen atoms in total. The number of rotatable bonds is 4. The van der Waals surface area contributed by atoms with E-state index in [9.17, 15) is 4.79 Å². The molecule has 6 heteroatoms. The van der Waals surface area contributed by atoms with Gasteiger partial charge in [-0.05, 0) is 12.0 Å². The van der Waals surface area contributed by atoms with Gasteiger partial charge in [-0.15, -0.1) is 11.3 Å². The first-order valence-corrected chi connectivity index (χ1v) is 6.46. The standard InChI is InChI=1S/C12H15N3O2S/c1-7(6-16)4-15-12(17)11-10(13)8-2-3-14-5-9(8)18-11/h2-3,5,7,16H,4,6,13H2,1H3,(H,15,17). The summed E-state index contributed by atoms with van der Waals surface area (Å²) < 4.78 is 0.898. The van der Waals surface area contributed by atoms with Crippen molar-refractivity contribution in [3.63, 3.8) is 0 Å². The molecule has 2 rings (SSSR count). The molecule has 0 aliphatic heterocycles. The minimum atomic E-state index is -0.200. The van der Waals surface area contributed by atoms with E-state index >= 15 is 0 Å². The van der Waals surface area contributed by atoms with Gasteiger partial charge in [0.2, 0.25) is 0 Å². The molecular formula is C12H15N3O2S. The molecule has 4 N–H and O–H groups in total. The maximum absolute atomic E-state index is 12.0. The Morgan fingerprint density at radius 2 is 2.44 bits per heavy atom. The summed E-state index contributed by atoms with van der Waals surface area (Å²) >= 11 is 1.33. The fraction of sp³-hybridized carbons (Fsp3) is 0.333. The molecule has 0 saturated carbocycles. The van der Waals surface area contributed by atoms with E-state index in [1.165, 1.54) is 11.3 Å². The average Bonchev–Trinajstić information content (AvgIpc) is 2.73. The molecule has 0 aliphatic carbocycles. The molecule has 0 fully saturated rings. The van der Waals surface area contributed by atoms with Crippen LogP contribution in [0.4, 0.5) is 5.69 Å². The van der Waals surface area contributed by atoms with E-state index in [0.29, 0.717) is 17.1 Å². The summed E-state index contributed by atoms with van der Waals surface area (Å²) in [4.78, 5) is 16.5. The van der Waals surface area contributed by atoms with Crippen molar-refractivity contribution in [2.24, 2.45) is 5.92 Å². The van der Waals surface area contributed by atoms with Crippen molar-refractivity contribution in [3.05, 3.63) is 23.3 Å². The quantitative estimate of drug-likeness (QED) is 0.776. The van der Waals surface area contributed by atoms with Crippen LogP contribution in [0.15, 0.2) is 18.5 Å². The number of amides is 1. The van der Waals surface area contributed by atoms with Crippen molar-refractivity contribution in [3.8, 4) is 0 Å². The minimum absolute atomic E-state index is 0.0335. The lowest BCUT2D eigenvalue weighted by molar-refractivity contribution is 0.0947. The van der Waals surface area contributed by atoms with Gasteiger partial charge < -0.3 is 16.2 Å². The highest BCUT2D eigenvalue weighted by Gasteiger charge is 2.16. The summed E-state index contributed by atoms with van der Waals surface area (Å²) in [5.74, 6) is -0.166. The van der Waals surface area contributed by atoms with Crippen LogP contribution in [0.5, 0.6) is 0 Å². The average molecular weight is 265 g/mol. The van der Waals surface area contributed by atoms with Crippen molar-refractivity contribution < 1.29 is 9.90 Å². The molecule has 0 radical (unpaired) electrons. The van der Waals surface area contributed by atoms with Crippen molar-refractivity contribution in [2.75, 3.05) is 18.9 Å². The van der Waals surface area contributed by atoms with Gasteiger partial charge >= 0.3 is 0 Å². The van der Waals surface area contributed by atoms with Crippen LogP contribution in [0.25, 0.3) is 10.1 Å². The predicted octanol–water partition coefficient (Wildman–Crippen LogP) is 1.24. The zero-order valence-electron chi connectivity index (χ0n) is 10.0. The summed E-state index contributed by atoms with van der Waals surface area (Å²) in [6.45, 7) is 2.34. The van der Waals surface area contributed by atoms with E-state index in [2.05, 4.69) is 10.3 Å². The Hall–Kier alpha value is -1.66. The van der Waals surface area contributed by atoms with Crippen LogP contribution in [0.1, 0.15) is 16.6 Å². The number of aliphatic hydroxyl groups excluding tert-OH is 1. The summed E-state index contributed by atoms with van der Waals surface area (Å²) in [6, 6.07) is 1.80. The summed E-state index contributed by atoms with van der Waals surface area (Å²) in [5.41, 5.74) is 6.44. The Labute approximate surface area is 109 Å². The third-order valence-corrected chi connectivity index (χ3v) is 3.81. The largest absolute Gasteiger partial charge is 0.397 e. The Morgan fingerprint density at radius 1 is 1.67 bits per heavy atom. The van der Waals surface area contributed by atoms with E-state index < -0.39 is 0 Å². The molecule has 2 aromatic heterocycles. The number of hydrogen-bond donors (Lipinski definition) is 3. The van der Waals surface area contributed by atoms with Gasteiger partial charge in [-0.2, -0.15) is 0 Å². The molecule has 96 valence electrons. The van der Waals surface area contributed by atoms with Crippen LogP contribution < -0.4 is 11.1 Å². The normalized spacial score (nSPS) is 12.6. The number of pyridine rings is 1. The first kappa shape index (κ1) is 12.8. The lowest BCUT2D eigenvalue weighted by Gasteiger charge is -2.08. The highest BCUT2D eigenvalue weighted by atomic mass is 32.1. The second-order valence-electron chi connectivity index (χ2n) is 4.21. The lowest BCUT2D eigenvalue weighted by atomic mass is 10.2. The monoisotopic (exact) mass is 265 g/mol. The van der Waals surface area contributed by atoms with Crippen LogP contribution in [0.2, 0.25) is 0 Å². The number of fused-ring (bicyclic) bond motifs is 1. The number of nitrogens with zero attached hydrogens (tertiary/aromatic N) is 1. The zero-order valence-corrected chi connectivity index (χ0v) is 10.8. The second kappa shape index (κ2) is 5.32. The van der Waals surface area contributed by atoms with Gasteiger partial charge in [-0.1, -0.05) is 6.92 Å². The number of nitrogens with two attached hydrogens (primary N) is 1. The molecule has 1 amide bonds.